The molecule has 0 bridgehead atoms. The first-order chi connectivity index (χ1) is 19.3. The van der Waals surface area contributed by atoms with Gasteiger partial charge in [0.1, 0.15) is 0 Å². The lowest BCUT2D eigenvalue weighted by Crippen LogP contribution is -2.47. The predicted molar refractivity (Wildman–Crippen MR) is 152 cm³/mol. The van der Waals surface area contributed by atoms with Gasteiger partial charge in [-0.25, -0.2) is 15.0 Å². The topological polar surface area (TPSA) is 153 Å². The number of nitrogens with zero attached hydrogens (tertiary/aromatic N) is 6. The Hall–Kier alpha value is -3.69. The minimum atomic E-state index is -3.01. The van der Waals surface area contributed by atoms with Gasteiger partial charge < -0.3 is 9.74 Å². The van der Waals surface area contributed by atoms with Gasteiger partial charge in [0.2, 0.25) is 5.91 Å². The fourth-order valence-electron chi connectivity index (χ4n) is 4.05. The SMILES string of the molecule is CC(=O)N1CCN(Cc2cnc(NC(=O)C(=NOCc3ncccn3)c3ccc(S(O)(O)C4=CC4)cc3)s2)CC1. The van der Waals surface area contributed by atoms with Crippen LogP contribution in [0.1, 0.15) is 29.6 Å². The van der Waals surface area contributed by atoms with Gasteiger partial charge in [-0.05, 0) is 18.2 Å². The largest absolute Gasteiger partial charge is 0.387 e. The van der Waals surface area contributed by atoms with Gasteiger partial charge in [0.15, 0.2) is 23.3 Å². The van der Waals surface area contributed by atoms with Gasteiger partial charge in [-0.3, -0.25) is 28.9 Å². The van der Waals surface area contributed by atoms with E-state index in [0.29, 0.717) is 52.4 Å². The maximum absolute atomic E-state index is 13.3. The van der Waals surface area contributed by atoms with Gasteiger partial charge in [-0.2, -0.15) is 0 Å². The maximum atomic E-state index is 13.3. The van der Waals surface area contributed by atoms with Crippen molar-refractivity contribution >= 4 is 44.6 Å². The highest BCUT2D eigenvalue weighted by Gasteiger charge is 2.28. The summed E-state index contributed by atoms with van der Waals surface area (Å²) in [6, 6.07) is 8.02. The Morgan fingerprint density at radius 3 is 2.45 bits per heavy atom. The Labute approximate surface area is 236 Å². The molecular formula is C26H29N7O5S2. The average molecular weight is 584 g/mol. The quantitative estimate of drug-likeness (QED) is 0.240. The summed E-state index contributed by atoms with van der Waals surface area (Å²) in [5.41, 5.74) is 0.414. The number of nitrogens with one attached hydrogen (secondary N) is 1. The molecule has 1 aromatic carbocycles. The van der Waals surface area contributed by atoms with Crippen molar-refractivity contribution in [2.24, 2.45) is 5.16 Å². The molecule has 0 spiro atoms. The van der Waals surface area contributed by atoms with E-state index in [2.05, 4.69) is 30.3 Å². The number of amides is 2. The third-order valence-corrected chi connectivity index (χ3v) is 9.24. The number of aromatic nitrogens is 3. The molecule has 14 heteroatoms. The van der Waals surface area contributed by atoms with Crippen molar-refractivity contribution in [3.8, 4) is 0 Å². The van der Waals surface area contributed by atoms with E-state index in [9.17, 15) is 18.7 Å². The Morgan fingerprint density at radius 2 is 1.80 bits per heavy atom. The second-order valence-electron chi connectivity index (χ2n) is 9.19. The zero-order valence-corrected chi connectivity index (χ0v) is 23.4. The van der Waals surface area contributed by atoms with E-state index in [-0.39, 0.29) is 18.2 Å². The van der Waals surface area contributed by atoms with E-state index in [1.165, 1.54) is 11.3 Å². The van der Waals surface area contributed by atoms with E-state index < -0.39 is 16.5 Å². The molecule has 0 unspecified atom stereocenters. The van der Waals surface area contributed by atoms with Gasteiger partial charge in [0.25, 0.3) is 5.91 Å². The molecule has 3 N–H and O–H groups in total. The molecule has 1 aliphatic heterocycles. The zero-order valence-electron chi connectivity index (χ0n) is 21.8. The summed E-state index contributed by atoms with van der Waals surface area (Å²) in [4.78, 5) is 48.9. The number of piperazine rings is 1. The number of oxime groups is 1. The van der Waals surface area contributed by atoms with Crippen molar-refractivity contribution in [3.63, 3.8) is 0 Å². The molecule has 2 aliphatic rings. The van der Waals surface area contributed by atoms with E-state index in [1.807, 2.05) is 4.90 Å². The normalized spacial score (nSPS) is 16.3. The summed E-state index contributed by atoms with van der Waals surface area (Å²) in [6.07, 6.45) is 7.25. The number of hydrogen-bond acceptors (Lipinski definition) is 11. The summed E-state index contributed by atoms with van der Waals surface area (Å²) >= 11 is 1.36. The van der Waals surface area contributed by atoms with Crippen LogP contribution in [0.3, 0.4) is 0 Å². The van der Waals surface area contributed by atoms with Crippen LogP contribution >= 0.6 is 21.9 Å². The maximum Gasteiger partial charge on any atom is 0.280 e. The van der Waals surface area contributed by atoms with Gasteiger partial charge >= 0.3 is 0 Å². The van der Waals surface area contributed by atoms with E-state index in [4.69, 9.17) is 4.84 Å². The fraction of sp³-hybridized carbons (Fsp3) is 0.308. The summed E-state index contributed by atoms with van der Waals surface area (Å²) < 4.78 is 21.0. The zero-order chi connectivity index (χ0) is 28.1. The molecule has 40 heavy (non-hydrogen) atoms. The number of rotatable bonds is 10. The molecule has 2 aromatic heterocycles. The van der Waals surface area contributed by atoms with E-state index in [1.54, 1.807) is 61.9 Å². The van der Waals surface area contributed by atoms with Crippen molar-refractivity contribution in [3.05, 3.63) is 76.2 Å². The molecule has 210 valence electrons. The van der Waals surface area contributed by atoms with Crippen LogP contribution in [-0.2, 0) is 27.6 Å². The van der Waals surface area contributed by atoms with Crippen molar-refractivity contribution in [1.29, 1.82) is 0 Å². The van der Waals surface area contributed by atoms with Crippen LogP contribution in [0.5, 0.6) is 0 Å². The molecule has 5 rings (SSSR count). The monoisotopic (exact) mass is 583 g/mol. The first kappa shape index (κ1) is 27.9. The third kappa shape index (κ3) is 6.89. The van der Waals surface area contributed by atoms with Crippen LogP contribution in [0.4, 0.5) is 5.13 Å². The van der Waals surface area contributed by atoms with Crippen LogP contribution in [-0.4, -0.2) is 77.6 Å². The lowest BCUT2D eigenvalue weighted by Gasteiger charge is -2.33. The predicted octanol–water partition coefficient (Wildman–Crippen LogP) is 3.55. The number of hydrogen-bond donors (Lipinski definition) is 3. The third-order valence-electron chi connectivity index (χ3n) is 6.35. The Kier molecular flexibility index (Phi) is 8.52. The molecule has 3 aromatic rings. The summed E-state index contributed by atoms with van der Waals surface area (Å²) in [5.74, 6) is -0.0423. The number of carbonyl (C=O) groups excluding carboxylic acids is 2. The van der Waals surface area contributed by atoms with Crippen molar-refractivity contribution in [2.45, 2.75) is 31.4 Å². The van der Waals surface area contributed by atoms with Crippen molar-refractivity contribution < 1.29 is 23.5 Å². The Balaban J connectivity index is 1.27. The van der Waals surface area contributed by atoms with Crippen LogP contribution in [0.2, 0.25) is 0 Å². The molecule has 0 saturated carbocycles. The minimum absolute atomic E-state index is 0.0123. The smallest absolute Gasteiger partial charge is 0.280 e. The van der Waals surface area contributed by atoms with Crippen molar-refractivity contribution in [1.82, 2.24) is 24.8 Å². The van der Waals surface area contributed by atoms with Crippen LogP contribution < -0.4 is 5.32 Å². The molecule has 1 aliphatic carbocycles. The molecular weight excluding hydrogens is 554 g/mol. The number of thiazole rings is 1. The highest BCUT2D eigenvalue weighted by molar-refractivity contribution is 8.27. The molecule has 3 heterocycles. The number of allylic oxidation sites excluding steroid dienone is 2. The Morgan fingerprint density at radius 1 is 1.10 bits per heavy atom. The van der Waals surface area contributed by atoms with Crippen molar-refractivity contribution in [2.75, 3.05) is 31.5 Å². The van der Waals surface area contributed by atoms with Gasteiger partial charge in [-0.1, -0.05) is 23.4 Å². The van der Waals surface area contributed by atoms with Crippen LogP contribution in [0.15, 0.2) is 70.0 Å². The number of anilines is 1. The van der Waals surface area contributed by atoms with Crippen LogP contribution in [0, 0.1) is 0 Å². The molecule has 1 fully saturated rings. The second-order valence-corrected chi connectivity index (χ2v) is 12.4. The minimum Gasteiger partial charge on any atom is -0.387 e. The highest BCUT2D eigenvalue weighted by Crippen LogP contribution is 2.61. The molecule has 2 amide bonds. The number of carbonyl (C=O) groups is 2. The summed E-state index contributed by atoms with van der Waals surface area (Å²) in [7, 11) is -3.01. The van der Waals surface area contributed by atoms with Crippen LogP contribution in [0.25, 0.3) is 0 Å². The van der Waals surface area contributed by atoms with Gasteiger partial charge in [0, 0.05) is 80.0 Å². The number of benzene rings is 1. The molecule has 0 atom stereocenters. The lowest BCUT2D eigenvalue weighted by molar-refractivity contribution is -0.130. The molecule has 12 nitrogen and oxygen atoms in total. The van der Waals surface area contributed by atoms with Gasteiger partial charge in [-0.15, -0.1) is 21.9 Å². The average Bonchev–Trinajstić information content (AvgIpc) is 3.74. The Bertz CT molecular complexity index is 1420. The molecule has 0 radical (unpaired) electrons. The standard InChI is InChI=1S/C26H29N7O5S2/c1-18(34)33-13-11-32(12-14-33)16-20-15-29-26(39-20)30-25(35)24(31-38-17-23-27-9-2-10-28-23)19-3-5-21(6-4-19)40(36,37)22-7-8-22/h2-7,9-10,15,36-37H,8,11-14,16-17H2,1H3,(H,29,30,35). The van der Waals surface area contributed by atoms with Gasteiger partial charge in [0.05, 0.1) is 4.90 Å². The second kappa shape index (κ2) is 12.2. The fourth-order valence-corrected chi connectivity index (χ4v) is 6.26. The highest BCUT2D eigenvalue weighted by atomic mass is 32.3. The summed E-state index contributed by atoms with van der Waals surface area (Å²) in [5, 5.41) is 7.28. The first-order valence-corrected chi connectivity index (χ1v) is 14.9. The van der Waals surface area contributed by atoms with E-state index in [0.717, 1.165) is 18.0 Å². The molecule has 1 saturated heterocycles. The van der Waals surface area contributed by atoms with E-state index >= 15 is 0 Å². The first-order valence-electron chi connectivity index (χ1n) is 12.6. The summed E-state index contributed by atoms with van der Waals surface area (Å²) in [6.45, 7) is 5.15. The lowest BCUT2D eigenvalue weighted by atomic mass is 10.1.